The fourth-order valence-electron chi connectivity index (χ4n) is 2.80. The summed E-state index contributed by atoms with van der Waals surface area (Å²) >= 11 is 0. The van der Waals surface area contributed by atoms with Crippen LogP contribution in [0.4, 0.5) is 0 Å². The molecule has 1 saturated heterocycles. The number of hydrogen-bond acceptors (Lipinski definition) is 4. The Hall–Kier alpha value is -2.24. The van der Waals surface area contributed by atoms with Gasteiger partial charge in [-0.2, -0.15) is 0 Å². The second-order valence-electron chi connectivity index (χ2n) is 6.67. The van der Waals surface area contributed by atoms with Gasteiger partial charge in [0.1, 0.15) is 5.92 Å². The van der Waals surface area contributed by atoms with E-state index in [2.05, 4.69) is 5.32 Å². The molecule has 1 heterocycles. The van der Waals surface area contributed by atoms with Gasteiger partial charge in [0, 0.05) is 5.57 Å². The monoisotopic (exact) mass is 313 g/mol. The maximum Gasteiger partial charge on any atom is 0.254 e. The molecule has 3 rings (SSSR count). The minimum atomic E-state index is -1.17. The minimum Gasteiger partial charge on any atom is -0.292 e. The predicted octanol–water partition coefficient (Wildman–Crippen LogP) is 2.40. The van der Waals surface area contributed by atoms with Crippen LogP contribution in [0.15, 0.2) is 54.1 Å². The molecule has 2 atom stereocenters. The van der Waals surface area contributed by atoms with Gasteiger partial charge in [0.25, 0.3) is 5.91 Å². The number of fused-ring (bicyclic) bond motifs is 1. The van der Waals surface area contributed by atoms with Crippen LogP contribution in [0.3, 0.4) is 0 Å². The molecule has 0 radical (unpaired) electrons. The van der Waals surface area contributed by atoms with Crippen molar-refractivity contribution < 1.29 is 19.4 Å². The lowest BCUT2D eigenvalue weighted by Gasteiger charge is -2.37. The zero-order valence-electron chi connectivity index (χ0n) is 13.3. The van der Waals surface area contributed by atoms with Crippen molar-refractivity contribution in [1.82, 2.24) is 5.32 Å². The Kier molecular flexibility index (Phi) is 3.70. The van der Waals surface area contributed by atoms with Crippen molar-refractivity contribution in [2.75, 3.05) is 0 Å². The van der Waals surface area contributed by atoms with Crippen molar-refractivity contribution in [2.24, 2.45) is 5.92 Å². The van der Waals surface area contributed by atoms with Gasteiger partial charge in [0.15, 0.2) is 5.60 Å². The highest BCUT2D eigenvalue weighted by Crippen LogP contribution is 2.45. The molecule has 2 amide bonds. The van der Waals surface area contributed by atoms with Gasteiger partial charge in [0.05, 0.1) is 5.60 Å². The maximum atomic E-state index is 12.4. The quantitative estimate of drug-likeness (QED) is 0.529. The molecule has 1 aliphatic carbocycles. The molecule has 1 aromatic carbocycles. The molecule has 5 heteroatoms. The number of rotatable bonds is 3. The average Bonchev–Trinajstić information content (AvgIpc) is 2.81. The summed E-state index contributed by atoms with van der Waals surface area (Å²) < 4.78 is 0. The fourth-order valence-corrected chi connectivity index (χ4v) is 2.80. The predicted molar refractivity (Wildman–Crippen MR) is 83.9 cm³/mol. The molecule has 0 bridgehead atoms. The van der Waals surface area contributed by atoms with Crippen LogP contribution in [0.25, 0.3) is 0 Å². The lowest BCUT2D eigenvalue weighted by molar-refractivity contribution is -0.403. The van der Waals surface area contributed by atoms with Gasteiger partial charge in [0.2, 0.25) is 5.91 Å². The van der Waals surface area contributed by atoms with E-state index in [1.165, 1.54) is 0 Å². The first-order valence-corrected chi connectivity index (χ1v) is 7.50. The van der Waals surface area contributed by atoms with E-state index in [4.69, 9.17) is 9.78 Å². The third kappa shape index (κ3) is 2.73. The average molecular weight is 313 g/mol. The van der Waals surface area contributed by atoms with Crippen molar-refractivity contribution in [2.45, 2.75) is 32.0 Å². The standard InChI is InChI=1S/C18H19NO4/c1-17(2,3)22-23-18(12-8-5-4-6-9-12)11-7-10-13-14(18)16(21)19-15(13)20/h4-11,14H,1-3H3,(H,19,20,21). The fraction of sp³-hybridized carbons (Fsp3) is 0.333. The van der Waals surface area contributed by atoms with Crippen molar-refractivity contribution in [3.8, 4) is 0 Å². The van der Waals surface area contributed by atoms with Crippen molar-refractivity contribution in [3.63, 3.8) is 0 Å². The number of imide groups is 1. The molecule has 2 unspecified atom stereocenters. The second-order valence-corrected chi connectivity index (χ2v) is 6.67. The van der Waals surface area contributed by atoms with Crippen LogP contribution in [0.5, 0.6) is 0 Å². The smallest absolute Gasteiger partial charge is 0.254 e. The van der Waals surface area contributed by atoms with Crippen LogP contribution in [-0.2, 0) is 25.0 Å². The van der Waals surface area contributed by atoms with E-state index in [1.54, 1.807) is 18.2 Å². The van der Waals surface area contributed by atoms with Gasteiger partial charge in [-0.15, -0.1) is 0 Å². The zero-order chi connectivity index (χ0) is 16.7. The SMILES string of the molecule is CC(C)(C)OOC1(c2ccccc2)C=CC=C2C(=O)NC(=O)C21. The molecule has 1 aromatic rings. The Balaban J connectivity index is 2.10. The Morgan fingerprint density at radius 2 is 1.83 bits per heavy atom. The topological polar surface area (TPSA) is 64.6 Å². The first-order chi connectivity index (χ1) is 10.8. The van der Waals surface area contributed by atoms with Gasteiger partial charge < -0.3 is 0 Å². The lowest BCUT2D eigenvalue weighted by atomic mass is 9.75. The minimum absolute atomic E-state index is 0.382. The Morgan fingerprint density at radius 3 is 2.48 bits per heavy atom. The largest absolute Gasteiger partial charge is 0.292 e. The molecule has 23 heavy (non-hydrogen) atoms. The number of benzene rings is 1. The summed E-state index contributed by atoms with van der Waals surface area (Å²) in [6.45, 7) is 5.57. The van der Waals surface area contributed by atoms with Crippen molar-refractivity contribution in [3.05, 3.63) is 59.7 Å². The number of hydrogen-bond donors (Lipinski definition) is 1. The Morgan fingerprint density at radius 1 is 1.13 bits per heavy atom. The van der Waals surface area contributed by atoms with Crippen molar-refractivity contribution in [1.29, 1.82) is 0 Å². The molecule has 1 fully saturated rings. The van der Waals surface area contributed by atoms with Gasteiger partial charge in [-0.1, -0.05) is 42.5 Å². The molecule has 2 aliphatic rings. The Labute approximate surface area is 134 Å². The summed E-state index contributed by atoms with van der Waals surface area (Å²) in [5.74, 6) is -1.54. The van der Waals surface area contributed by atoms with Gasteiger partial charge in [-0.05, 0) is 32.4 Å². The van der Waals surface area contributed by atoms with Gasteiger partial charge in [-0.25, -0.2) is 9.78 Å². The van der Waals surface area contributed by atoms with Crippen molar-refractivity contribution >= 4 is 11.8 Å². The summed E-state index contributed by atoms with van der Waals surface area (Å²) in [5, 5.41) is 2.36. The highest BCUT2D eigenvalue weighted by atomic mass is 17.2. The zero-order valence-corrected chi connectivity index (χ0v) is 13.3. The summed E-state index contributed by atoms with van der Waals surface area (Å²) in [5.41, 5.74) is -0.593. The van der Waals surface area contributed by atoms with E-state index < -0.39 is 17.1 Å². The summed E-state index contributed by atoms with van der Waals surface area (Å²) in [6.07, 6.45) is 5.13. The highest BCUT2D eigenvalue weighted by Gasteiger charge is 2.54. The summed E-state index contributed by atoms with van der Waals surface area (Å²) in [6, 6.07) is 9.31. The third-order valence-corrected chi connectivity index (χ3v) is 3.78. The number of carbonyl (C=O) groups is 2. The van der Waals surface area contributed by atoms with E-state index in [0.29, 0.717) is 5.57 Å². The summed E-state index contributed by atoms with van der Waals surface area (Å²) in [4.78, 5) is 35.8. The van der Waals surface area contributed by atoms with Crippen LogP contribution in [0, 0.1) is 5.92 Å². The van der Waals surface area contributed by atoms with Crippen LogP contribution in [-0.4, -0.2) is 17.4 Å². The number of nitrogens with one attached hydrogen (secondary N) is 1. The second kappa shape index (κ2) is 5.44. The van der Waals surface area contributed by atoms with E-state index >= 15 is 0 Å². The normalized spacial score (nSPS) is 26.7. The summed E-state index contributed by atoms with van der Waals surface area (Å²) in [7, 11) is 0. The van der Waals surface area contributed by atoms with Crippen LogP contribution in [0.2, 0.25) is 0 Å². The van der Waals surface area contributed by atoms with E-state index in [-0.39, 0.29) is 11.8 Å². The maximum absolute atomic E-state index is 12.4. The van der Waals surface area contributed by atoms with E-state index in [0.717, 1.165) is 5.56 Å². The molecule has 5 nitrogen and oxygen atoms in total. The molecule has 0 aromatic heterocycles. The lowest BCUT2D eigenvalue weighted by Crippen LogP contribution is -2.43. The molecule has 0 saturated carbocycles. The Bertz CT molecular complexity index is 699. The number of amides is 2. The van der Waals surface area contributed by atoms with E-state index in [1.807, 2.05) is 51.1 Å². The number of allylic oxidation sites excluding steroid dienone is 2. The first kappa shape index (κ1) is 15.6. The number of carbonyl (C=O) groups excluding carboxylic acids is 2. The molecule has 120 valence electrons. The van der Waals surface area contributed by atoms with Gasteiger partial charge in [-0.3, -0.25) is 14.9 Å². The first-order valence-electron chi connectivity index (χ1n) is 7.50. The molecule has 1 aliphatic heterocycles. The van der Waals surface area contributed by atoms with Gasteiger partial charge >= 0.3 is 0 Å². The van der Waals surface area contributed by atoms with Crippen LogP contribution >= 0.6 is 0 Å². The molecule has 0 spiro atoms. The van der Waals surface area contributed by atoms with Crippen LogP contribution in [0.1, 0.15) is 26.3 Å². The molecular formula is C18H19NO4. The van der Waals surface area contributed by atoms with E-state index in [9.17, 15) is 9.59 Å². The third-order valence-electron chi connectivity index (χ3n) is 3.78. The van der Waals surface area contributed by atoms with Crippen LogP contribution < -0.4 is 5.32 Å². The molecular weight excluding hydrogens is 294 g/mol. The molecule has 1 N–H and O–H groups in total. The highest BCUT2D eigenvalue weighted by molar-refractivity contribution is 6.16.